The lowest BCUT2D eigenvalue weighted by Crippen LogP contribution is -2.55. The second-order valence-electron chi connectivity index (χ2n) is 6.88. The van der Waals surface area contributed by atoms with Crippen molar-refractivity contribution in [1.82, 2.24) is 10.2 Å². The second kappa shape index (κ2) is 5.57. The molecule has 1 saturated heterocycles. The second-order valence-corrected chi connectivity index (χ2v) is 6.88. The maximum absolute atomic E-state index is 12.0. The first kappa shape index (κ1) is 15.4. The molecule has 1 heterocycles. The summed E-state index contributed by atoms with van der Waals surface area (Å²) >= 11 is 0. The van der Waals surface area contributed by atoms with Crippen LogP contribution in [0.4, 0.5) is 0 Å². The third-order valence-electron chi connectivity index (χ3n) is 4.12. The van der Waals surface area contributed by atoms with Gasteiger partial charge in [-0.25, -0.2) is 0 Å². The molecule has 1 aliphatic heterocycles. The van der Waals surface area contributed by atoms with Gasteiger partial charge in [0.1, 0.15) is 0 Å². The van der Waals surface area contributed by atoms with Crippen molar-refractivity contribution in [3.8, 4) is 0 Å². The number of nitrogens with one attached hydrogen (secondary N) is 1. The van der Waals surface area contributed by atoms with Crippen LogP contribution >= 0.6 is 0 Å². The van der Waals surface area contributed by atoms with E-state index in [0.717, 1.165) is 25.9 Å². The Labute approximate surface area is 111 Å². The summed E-state index contributed by atoms with van der Waals surface area (Å²) in [4.78, 5) is 14.2. The van der Waals surface area contributed by atoms with Crippen LogP contribution in [0.15, 0.2) is 0 Å². The molecule has 106 valence electrons. The third kappa shape index (κ3) is 4.25. The molecular weight excluding hydrogens is 226 g/mol. The number of carbonyl (C=O) groups is 1. The molecule has 4 nitrogen and oxygen atoms in total. The number of rotatable bonds is 4. The standard InChI is InChI=1S/C14H29N3O/c1-6-14(4,5)16-12(18)9-17-8-7-11(15)13(2,3)10-17/h11H,6-10,15H2,1-5H3,(H,16,18). The van der Waals surface area contributed by atoms with Gasteiger partial charge >= 0.3 is 0 Å². The molecule has 1 rings (SSSR count). The predicted octanol–water partition coefficient (Wildman–Crippen LogP) is 1.35. The van der Waals surface area contributed by atoms with Gasteiger partial charge in [0.15, 0.2) is 0 Å². The molecule has 0 bridgehead atoms. The molecule has 0 aromatic rings. The summed E-state index contributed by atoms with van der Waals surface area (Å²) in [7, 11) is 0. The minimum Gasteiger partial charge on any atom is -0.350 e. The zero-order valence-electron chi connectivity index (χ0n) is 12.5. The van der Waals surface area contributed by atoms with E-state index in [9.17, 15) is 4.79 Å². The van der Waals surface area contributed by atoms with Gasteiger partial charge in [-0.2, -0.15) is 0 Å². The summed E-state index contributed by atoms with van der Waals surface area (Å²) in [5.74, 6) is 0.119. The maximum atomic E-state index is 12.0. The Kier molecular flexibility index (Phi) is 4.78. The van der Waals surface area contributed by atoms with Crippen LogP contribution in [-0.4, -0.2) is 42.0 Å². The largest absolute Gasteiger partial charge is 0.350 e. The molecule has 1 amide bonds. The van der Waals surface area contributed by atoms with Crippen LogP contribution in [0.5, 0.6) is 0 Å². The number of amides is 1. The molecule has 0 radical (unpaired) electrons. The van der Waals surface area contributed by atoms with Gasteiger partial charge in [-0.05, 0) is 32.1 Å². The molecule has 1 atom stereocenters. The highest BCUT2D eigenvalue weighted by atomic mass is 16.2. The van der Waals surface area contributed by atoms with Crippen LogP contribution in [0.25, 0.3) is 0 Å². The molecule has 0 aromatic carbocycles. The van der Waals surface area contributed by atoms with Crippen molar-refractivity contribution in [1.29, 1.82) is 0 Å². The Balaban J connectivity index is 2.47. The molecule has 3 N–H and O–H groups in total. The molecule has 0 saturated carbocycles. The molecule has 4 heteroatoms. The Morgan fingerprint density at radius 2 is 2.11 bits per heavy atom. The van der Waals surface area contributed by atoms with Crippen molar-refractivity contribution >= 4 is 5.91 Å². The van der Waals surface area contributed by atoms with E-state index in [1.807, 2.05) is 0 Å². The summed E-state index contributed by atoms with van der Waals surface area (Å²) in [5, 5.41) is 3.08. The molecule has 0 aromatic heterocycles. The smallest absolute Gasteiger partial charge is 0.234 e. The van der Waals surface area contributed by atoms with Gasteiger partial charge in [-0.15, -0.1) is 0 Å². The molecule has 1 fully saturated rings. The van der Waals surface area contributed by atoms with Gasteiger partial charge in [-0.1, -0.05) is 20.8 Å². The van der Waals surface area contributed by atoms with E-state index in [-0.39, 0.29) is 22.9 Å². The topological polar surface area (TPSA) is 58.4 Å². The molecule has 1 aliphatic rings. The lowest BCUT2D eigenvalue weighted by molar-refractivity contribution is -0.124. The van der Waals surface area contributed by atoms with Gasteiger partial charge < -0.3 is 11.1 Å². The highest BCUT2D eigenvalue weighted by Crippen LogP contribution is 2.27. The highest BCUT2D eigenvalue weighted by Gasteiger charge is 2.34. The van der Waals surface area contributed by atoms with Crippen LogP contribution in [0.1, 0.15) is 47.5 Å². The lowest BCUT2D eigenvalue weighted by Gasteiger charge is -2.42. The minimum absolute atomic E-state index is 0.0960. The van der Waals surface area contributed by atoms with Gasteiger partial charge in [0.2, 0.25) is 5.91 Å². The number of likely N-dealkylation sites (tertiary alicyclic amines) is 1. The van der Waals surface area contributed by atoms with Gasteiger partial charge in [0, 0.05) is 24.7 Å². The zero-order chi connectivity index (χ0) is 14.0. The van der Waals surface area contributed by atoms with E-state index in [0.29, 0.717) is 6.54 Å². The third-order valence-corrected chi connectivity index (χ3v) is 4.12. The SMILES string of the molecule is CCC(C)(C)NC(=O)CN1CCC(N)C(C)(C)C1. The molecule has 18 heavy (non-hydrogen) atoms. The van der Waals surface area contributed by atoms with Crippen molar-refractivity contribution in [3.05, 3.63) is 0 Å². The Morgan fingerprint density at radius 3 is 2.61 bits per heavy atom. The Bertz CT molecular complexity index is 299. The van der Waals surface area contributed by atoms with Crippen LogP contribution < -0.4 is 11.1 Å². The van der Waals surface area contributed by atoms with Crippen molar-refractivity contribution < 1.29 is 4.79 Å². The Hall–Kier alpha value is -0.610. The number of nitrogens with zero attached hydrogens (tertiary/aromatic N) is 1. The number of carbonyl (C=O) groups excluding carboxylic acids is 1. The van der Waals surface area contributed by atoms with E-state index in [2.05, 4.69) is 44.8 Å². The van der Waals surface area contributed by atoms with Gasteiger partial charge in [-0.3, -0.25) is 9.69 Å². The molecule has 0 spiro atoms. The van der Waals surface area contributed by atoms with Crippen LogP contribution in [0.3, 0.4) is 0 Å². The molecule has 1 unspecified atom stereocenters. The number of hydrogen-bond donors (Lipinski definition) is 2. The van der Waals surface area contributed by atoms with Crippen molar-refractivity contribution in [3.63, 3.8) is 0 Å². The van der Waals surface area contributed by atoms with E-state index in [1.165, 1.54) is 0 Å². The fraction of sp³-hybridized carbons (Fsp3) is 0.929. The summed E-state index contributed by atoms with van der Waals surface area (Å²) in [6.45, 7) is 12.9. The molecular formula is C14H29N3O. The number of hydrogen-bond acceptors (Lipinski definition) is 3. The van der Waals surface area contributed by atoms with E-state index < -0.39 is 0 Å². The minimum atomic E-state index is -0.112. The lowest BCUT2D eigenvalue weighted by atomic mass is 9.80. The average Bonchev–Trinajstić information content (AvgIpc) is 2.22. The monoisotopic (exact) mass is 255 g/mol. The quantitative estimate of drug-likeness (QED) is 0.797. The first-order valence-corrected chi connectivity index (χ1v) is 6.95. The van der Waals surface area contributed by atoms with E-state index in [4.69, 9.17) is 5.73 Å². The summed E-state index contributed by atoms with van der Waals surface area (Å²) in [6, 6.07) is 0.240. The van der Waals surface area contributed by atoms with Crippen LogP contribution in [-0.2, 0) is 4.79 Å². The summed E-state index contributed by atoms with van der Waals surface area (Å²) in [6.07, 6.45) is 1.91. The fourth-order valence-electron chi connectivity index (χ4n) is 2.33. The first-order chi connectivity index (χ1) is 8.16. The number of nitrogens with two attached hydrogens (primary N) is 1. The maximum Gasteiger partial charge on any atom is 0.234 e. The normalized spacial score (nSPS) is 24.9. The fourth-order valence-corrected chi connectivity index (χ4v) is 2.33. The zero-order valence-corrected chi connectivity index (χ0v) is 12.5. The number of piperidine rings is 1. The van der Waals surface area contributed by atoms with Crippen molar-refractivity contribution in [2.24, 2.45) is 11.1 Å². The van der Waals surface area contributed by atoms with Crippen molar-refractivity contribution in [2.45, 2.75) is 59.0 Å². The van der Waals surface area contributed by atoms with Crippen LogP contribution in [0.2, 0.25) is 0 Å². The van der Waals surface area contributed by atoms with E-state index in [1.54, 1.807) is 0 Å². The first-order valence-electron chi connectivity index (χ1n) is 6.95. The summed E-state index contributed by atoms with van der Waals surface area (Å²) in [5.41, 5.74) is 6.09. The Morgan fingerprint density at radius 1 is 1.50 bits per heavy atom. The van der Waals surface area contributed by atoms with Gasteiger partial charge in [0.25, 0.3) is 0 Å². The van der Waals surface area contributed by atoms with E-state index >= 15 is 0 Å². The van der Waals surface area contributed by atoms with Crippen LogP contribution in [0, 0.1) is 5.41 Å². The predicted molar refractivity (Wildman–Crippen MR) is 75.3 cm³/mol. The average molecular weight is 255 g/mol. The highest BCUT2D eigenvalue weighted by molar-refractivity contribution is 5.78. The van der Waals surface area contributed by atoms with Crippen molar-refractivity contribution in [2.75, 3.05) is 19.6 Å². The van der Waals surface area contributed by atoms with Gasteiger partial charge in [0.05, 0.1) is 6.54 Å². The summed E-state index contributed by atoms with van der Waals surface area (Å²) < 4.78 is 0. The molecule has 0 aliphatic carbocycles.